The van der Waals surface area contributed by atoms with E-state index in [0.717, 1.165) is 0 Å². The molecule has 5 nitrogen and oxygen atoms in total. The second-order valence-electron chi connectivity index (χ2n) is 1.63. The van der Waals surface area contributed by atoms with Crippen LogP contribution in [0.15, 0.2) is 0 Å². The average molecular weight is 292 g/mol. The molecule has 0 aliphatic rings. The van der Waals surface area contributed by atoms with Gasteiger partial charge in [-0.25, -0.2) is 4.79 Å². The summed E-state index contributed by atoms with van der Waals surface area (Å²) in [4.78, 5) is 19.4. The van der Waals surface area contributed by atoms with E-state index in [1.165, 1.54) is 0 Å². The minimum absolute atomic E-state index is 0.755. The number of carboxylic acids is 2. The summed E-state index contributed by atoms with van der Waals surface area (Å²) in [6.07, 6.45) is -2.54. The molecule has 0 spiro atoms. The third-order valence-corrected chi connectivity index (χ3v) is 0.653. The van der Waals surface area contributed by atoms with Crippen LogP contribution in [0, 0.1) is 0 Å². The Labute approximate surface area is 90.8 Å². The van der Waals surface area contributed by atoms with Gasteiger partial charge in [-0.05, 0) is 0 Å². The van der Waals surface area contributed by atoms with Gasteiger partial charge in [0, 0.05) is 0 Å². The first-order valence-electron chi connectivity index (χ1n) is 2.63. The zero-order valence-corrected chi connectivity index (χ0v) is 9.53. The fraction of sp³-hybridized carbons (Fsp3) is 0.500. The summed E-state index contributed by atoms with van der Waals surface area (Å²) in [5, 5.41) is 24.1. The Morgan fingerprint density at radius 2 is 1.54 bits per heavy atom. The molecule has 79 valence electrons. The van der Waals surface area contributed by atoms with Crippen LogP contribution in [-0.2, 0) is 21.0 Å². The van der Waals surface area contributed by atoms with Gasteiger partial charge in [-0.15, -0.1) is 0 Å². The monoisotopic (exact) mass is 291 g/mol. The minimum atomic E-state index is -1.79. The van der Waals surface area contributed by atoms with Gasteiger partial charge in [0.25, 0.3) is 0 Å². The predicted octanol–water partition coefficient (Wildman–Crippen LogP) is 0.973. The number of rotatable bonds is 3. The predicted molar refractivity (Wildman–Crippen MR) is 43.5 cm³/mol. The van der Waals surface area contributed by atoms with Crippen LogP contribution in [0.1, 0.15) is 6.42 Å². The van der Waals surface area contributed by atoms with Gasteiger partial charge in [-0.1, -0.05) is 0 Å². The van der Waals surface area contributed by atoms with Crippen molar-refractivity contribution in [3.05, 3.63) is 0 Å². The molecule has 0 bridgehead atoms. The van der Waals surface area contributed by atoms with Crippen molar-refractivity contribution < 1.29 is 36.3 Å². The molecule has 0 heterocycles. The number of aliphatic hydroxyl groups excluding tert-OH is 1. The van der Waals surface area contributed by atoms with E-state index >= 15 is 0 Å². The van der Waals surface area contributed by atoms with Gasteiger partial charge in [0.1, 0.15) is 0 Å². The molecule has 0 aliphatic heterocycles. The fourth-order valence-corrected chi connectivity index (χ4v) is 0.253. The van der Waals surface area contributed by atoms with E-state index in [2.05, 4.69) is 0 Å². The van der Waals surface area contributed by atoms with Gasteiger partial charge in [0.15, 0.2) is 6.10 Å². The Hall–Kier alpha value is 0.302. The second kappa shape index (κ2) is 8.88. The van der Waals surface area contributed by atoms with E-state index < -0.39 is 35.8 Å². The van der Waals surface area contributed by atoms with E-state index in [1.807, 2.05) is 0 Å². The molecule has 0 rings (SSSR count). The van der Waals surface area contributed by atoms with Crippen molar-refractivity contribution >= 4 is 42.1 Å². The Balaban J connectivity index is 0. The summed E-state index contributed by atoms with van der Waals surface area (Å²) in [6, 6.07) is 0. The molecule has 0 aromatic carbocycles. The molecule has 0 saturated heterocycles. The summed E-state index contributed by atoms with van der Waals surface area (Å²) >= 11 is -1.62. The topological polar surface area (TPSA) is 94.8 Å². The molecule has 1 atom stereocenters. The van der Waals surface area contributed by atoms with Gasteiger partial charge < -0.3 is 15.3 Å². The van der Waals surface area contributed by atoms with Gasteiger partial charge >= 0.3 is 53.5 Å². The third kappa shape index (κ3) is 18.9. The Kier molecular flexibility index (Phi) is 10.8. The van der Waals surface area contributed by atoms with Crippen molar-refractivity contribution in [3.8, 4) is 0 Å². The Bertz CT molecular complexity index is 172. The first-order chi connectivity index (χ1) is 5.77. The molecule has 0 aromatic heterocycles. The van der Waals surface area contributed by atoms with Crippen LogP contribution in [-0.4, -0.2) is 33.4 Å². The summed E-state index contributed by atoms with van der Waals surface area (Å²) in [7, 11) is 14.8. The second-order valence-corrected chi connectivity index (χ2v) is 7.94. The van der Waals surface area contributed by atoms with Gasteiger partial charge in [-0.3, -0.25) is 4.79 Å². The molecule has 1 unspecified atom stereocenters. The van der Waals surface area contributed by atoms with Crippen LogP contribution in [0.2, 0.25) is 0 Å². The molecule has 0 fully saturated rings. The third-order valence-electron chi connectivity index (χ3n) is 0.653. The van der Waals surface area contributed by atoms with Crippen molar-refractivity contribution in [2.45, 2.75) is 12.5 Å². The zero-order valence-electron chi connectivity index (χ0n) is 5.98. The molecular weight excluding hydrogens is 286 g/mol. The summed E-state index contributed by atoms with van der Waals surface area (Å²) in [5.74, 6) is -2.85. The van der Waals surface area contributed by atoms with Gasteiger partial charge in [0.05, 0.1) is 6.42 Å². The van der Waals surface area contributed by atoms with Gasteiger partial charge in [0.2, 0.25) is 0 Å². The first-order valence-corrected chi connectivity index (χ1v) is 7.89. The van der Waals surface area contributed by atoms with Crippen molar-refractivity contribution in [2.24, 2.45) is 0 Å². The number of halogens is 3. The molecule has 9 heteroatoms. The summed E-state index contributed by atoms with van der Waals surface area (Å²) < 4.78 is 0. The number of hydrogen-bond acceptors (Lipinski definition) is 3. The molecule has 0 saturated carbocycles. The first kappa shape index (κ1) is 15.8. The number of hydrogen-bond donors (Lipinski definition) is 3. The SMILES string of the molecule is O=C(O)CC(O)C(=O)O.[Cl][Cr]([Cl])[Cl]. The maximum absolute atomic E-state index is 9.72. The van der Waals surface area contributed by atoms with E-state index in [9.17, 15) is 9.59 Å². The molecule has 13 heavy (non-hydrogen) atoms. The van der Waals surface area contributed by atoms with Crippen LogP contribution >= 0.6 is 30.1 Å². The number of aliphatic carboxylic acids is 2. The normalized spacial score (nSPS) is 11.5. The number of aliphatic hydroxyl groups is 1. The van der Waals surface area contributed by atoms with Crippen LogP contribution in [0.4, 0.5) is 0 Å². The quantitative estimate of drug-likeness (QED) is 0.720. The molecule has 0 aliphatic carbocycles. The summed E-state index contributed by atoms with van der Waals surface area (Å²) in [5.41, 5.74) is 0. The van der Waals surface area contributed by atoms with Crippen LogP contribution in [0.25, 0.3) is 0 Å². The van der Waals surface area contributed by atoms with E-state index in [0.29, 0.717) is 0 Å². The molecule has 3 N–H and O–H groups in total. The standard InChI is InChI=1S/C4H6O5.3ClH.Cr/c5-2(4(8)9)1-3(6)7;;;;/h2,5H,1H2,(H,6,7)(H,8,9);3*1H;/q;;;;+3/p-3. The summed E-state index contributed by atoms with van der Waals surface area (Å²) in [6.45, 7) is 0. The van der Waals surface area contributed by atoms with Crippen molar-refractivity contribution in [1.82, 2.24) is 0 Å². The molecule has 0 amide bonds. The van der Waals surface area contributed by atoms with Crippen LogP contribution in [0.3, 0.4) is 0 Å². The van der Waals surface area contributed by atoms with Gasteiger partial charge in [-0.2, -0.15) is 0 Å². The van der Waals surface area contributed by atoms with Crippen molar-refractivity contribution in [1.29, 1.82) is 0 Å². The van der Waals surface area contributed by atoms with Crippen molar-refractivity contribution in [3.63, 3.8) is 0 Å². The zero-order chi connectivity index (χ0) is 11.0. The van der Waals surface area contributed by atoms with Crippen LogP contribution in [0.5, 0.6) is 0 Å². The van der Waals surface area contributed by atoms with E-state index in [-0.39, 0.29) is 0 Å². The average Bonchev–Trinajstić information content (AvgIpc) is 1.83. The van der Waals surface area contributed by atoms with Crippen molar-refractivity contribution in [2.75, 3.05) is 0 Å². The number of carboxylic acid groups (broad SMARTS) is 2. The Morgan fingerprint density at radius 3 is 1.62 bits per heavy atom. The fourth-order valence-electron chi connectivity index (χ4n) is 0.253. The molecular formula is C4H6Cl3CrO5. The number of carbonyl (C=O) groups is 2. The Morgan fingerprint density at radius 1 is 1.23 bits per heavy atom. The van der Waals surface area contributed by atoms with Crippen LogP contribution < -0.4 is 0 Å². The molecule has 0 aromatic rings. The van der Waals surface area contributed by atoms with E-state index in [1.54, 1.807) is 0 Å². The van der Waals surface area contributed by atoms with E-state index in [4.69, 9.17) is 45.5 Å². The molecule has 0 radical (unpaired) electrons. The maximum atomic E-state index is 9.72.